The van der Waals surface area contributed by atoms with Gasteiger partial charge in [-0.05, 0) is 24.1 Å². The van der Waals surface area contributed by atoms with E-state index in [1.165, 1.54) is 0 Å². The van der Waals surface area contributed by atoms with Gasteiger partial charge in [-0.3, -0.25) is 9.98 Å². The Morgan fingerprint density at radius 3 is 2.89 bits per heavy atom. The van der Waals surface area contributed by atoms with Crippen LogP contribution in [0.1, 0.15) is 13.8 Å². The first-order chi connectivity index (χ1) is 9.07. The number of aromatic nitrogens is 1. The summed E-state index contributed by atoms with van der Waals surface area (Å²) in [5.41, 5.74) is 6.48. The largest absolute Gasteiger partial charge is 0.395 e. The smallest absolute Gasteiger partial charge is 0.195 e. The van der Waals surface area contributed by atoms with Crippen LogP contribution in [0, 0.1) is 5.41 Å². The molecule has 0 amide bonds. The summed E-state index contributed by atoms with van der Waals surface area (Å²) in [4.78, 5) is 8.50. The maximum Gasteiger partial charge on any atom is 0.195 e. The molecule has 1 heterocycles. The number of rotatable bonds is 6. The average Bonchev–Trinajstić information content (AvgIpc) is 2.43. The minimum atomic E-state index is -0.0528. The van der Waals surface area contributed by atoms with Crippen molar-refractivity contribution in [3.8, 4) is 0 Å². The van der Waals surface area contributed by atoms with Gasteiger partial charge in [0, 0.05) is 19.3 Å². The lowest BCUT2D eigenvalue weighted by molar-refractivity contribution is 0.300. The SMILES string of the molecule is CC(C)(CN)CN=C(NCCO)Nc1cccnc1. The molecule has 6 heteroatoms. The number of guanidine groups is 1. The Bertz CT molecular complexity index is 391. The van der Waals surface area contributed by atoms with E-state index in [-0.39, 0.29) is 12.0 Å². The number of anilines is 1. The van der Waals surface area contributed by atoms with Crippen molar-refractivity contribution < 1.29 is 5.11 Å². The van der Waals surface area contributed by atoms with Gasteiger partial charge in [0.1, 0.15) is 0 Å². The minimum absolute atomic E-state index is 0.0496. The van der Waals surface area contributed by atoms with E-state index in [9.17, 15) is 0 Å². The zero-order valence-electron chi connectivity index (χ0n) is 11.6. The van der Waals surface area contributed by atoms with Crippen molar-refractivity contribution >= 4 is 11.6 Å². The van der Waals surface area contributed by atoms with Crippen LogP contribution >= 0.6 is 0 Å². The summed E-state index contributed by atoms with van der Waals surface area (Å²) in [5, 5.41) is 15.0. The normalized spacial score (nSPS) is 12.3. The van der Waals surface area contributed by atoms with Crippen LogP contribution < -0.4 is 16.4 Å². The van der Waals surface area contributed by atoms with Crippen molar-refractivity contribution in [2.24, 2.45) is 16.1 Å². The molecule has 1 aromatic rings. The van der Waals surface area contributed by atoms with Gasteiger partial charge >= 0.3 is 0 Å². The highest BCUT2D eigenvalue weighted by Crippen LogP contribution is 2.12. The number of aliphatic hydroxyl groups is 1. The quantitative estimate of drug-likeness (QED) is 0.441. The topological polar surface area (TPSA) is 95.6 Å². The average molecular weight is 265 g/mol. The Morgan fingerprint density at radius 1 is 1.53 bits per heavy atom. The summed E-state index contributed by atoms with van der Waals surface area (Å²) in [5.74, 6) is 0.614. The van der Waals surface area contributed by atoms with E-state index in [1.54, 1.807) is 12.4 Å². The standard InChI is InChI=1S/C13H23N5O/c1-13(2,9-14)10-17-12(16-6-7-19)18-11-4-3-5-15-8-11/h3-5,8,19H,6-7,9-10,14H2,1-2H3,(H2,16,17,18). The number of nitrogens with two attached hydrogens (primary N) is 1. The molecule has 0 aliphatic carbocycles. The molecule has 0 aromatic carbocycles. The fraction of sp³-hybridized carbons (Fsp3) is 0.538. The molecule has 0 fully saturated rings. The van der Waals surface area contributed by atoms with Crippen molar-refractivity contribution in [2.75, 3.05) is 31.6 Å². The van der Waals surface area contributed by atoms with Gasteiger partial charge in [0.05, 0.1) is 18.5 Å². The number of aliphatic imine (C=N–C) groups is 1. The lowest BCUT2D eigenvalue weighted by Gasteiger charge is -2.20. The molecule has 0 unspecified atom stereocenters. The highest BCUT2D eigenvalue weighted by molar-refractivity contribution is 5.93. The lowest BCUT2D eigenvalue weighted by Crippen LogP contribution is -2.35. The third kappa shape index (κ3) is 6.17. The molecule has 0 atom stereocenters. The minimum Gasteiger partial charge on any atom is -0.395 e. The number of hydrogen-bond acceptors (Lipinski definition) is 4. The van der Waals surface area contributed by atoms with E-state index in [0.29, 0.717) is 25.6 Å². The molecule has 0 saturated heterocycles. The summed E-state index contributed by atoms with van der Waals surface area (Å²) < 4.78 is 0. The fourth-order valence-corrected chi connectivity index (χ4v) is 1.24. The van der Waals surface area contributed by atoms with Crippen LogP contribution in [0.25, 0.3) is 0 Å². The summed E-state index contributed by atoms with van der Waals surface area (Å²) >= 11 is 0. The number of hydrogen-bond donors (Lipinski definition) is 4. The Labute approximate surface area is 114 Å². The maximum atomic E-state index is 8.88. The zero-order valence-corrected chi connectivity index (χ0v) is 11.6. The monoisotopic (exact) mass is 265 g/mol. The third-order valence-electron chi connectivity index (χ3n) is 2.55. The van der Waals surface area contributed by atoms with Gasteiger partial charge < -0.3 is 21.5 Å². The summed E-state index contributed by atoms with van der Waals surface area (Å²) in [7, 11) is 0. The van der Waals surface area contributed by atoms with Gasteiger partial charge in [-0.15, -0.1) is 0 Å². The van der Waals surface area contributed by atoms with E-state index >= 15 is 0 Å². The van der Waals surface area contributed by atoms with Gasteiger partial charge in [0.2, 0.25) is 0 Å². The predicted molar refractivity (Wildman–Crippen MR) is 78.1 cm³/mol. The molecule has 106 valence electrons. The van der Waals surface area contributed by atoms with E-state index in [4.69, 9.17) is 10.8 Å². The highest BCUT2D eigenvalue weighted by atomic mass is 16.3. The molecular formula is C13H23N5O. The summed E-state index contributed by atoms with van der Waals surface area (Å²) in [6.07, 6.45) is 3.42. The Morgan fingerprint density at radius 2 is 2.32 bits per heavy atom. The number of nitrogens with one attached hydrogen (secondary N) is 2. The molecular weight excluding hydrogens is 242 g/mol. The molecule has 0 saturated carbocycles. The van der Waals surface area contributed by atoms with E-state index in [0.717, 1.165) is 5.69 Å². The second kappa shape index (κ2) is 7.70. The second-order valence-electron chi connectivity index (χ2n) is 5.05. The molecule has 5 N–H and O–H groups in total. The van der Waals surface area contributed by atoms with Crippen LogP contribution in [0.4, 0.5) is 5.69 Å². The van der Waals surface area contributed by atoms with Crippen molar-refractivity contribution in [1.29, 1.82) is 0 Å². The second-order valence-corrected chi connectivity index (χ2v) is 5.05. The molecule has 19 heavy (non-hydrogen) atoms. The predicted octanol–water partition coefficient (Wildman–Crippen LogP) is 0.416. The first-order valence-electron chi connectivity index (χ1n) is 6.34. The van der Waals surface area contributed by atoms with Gasteiger partial charge in [-0.1, -0.05) is 13.8 Å². The first-order valence-corrected chi connectivity index (χ1v) is 6.34. The van der Waals surface area contributed by atoms with Crippen LogP contribution in [0.15, 0.2) is 29.5 Å². The fourth-order valence-electron chi connectivity index (χ4n) is 1.24. The van der Waals surface area contributed by atoms with Crippen molar-refractivity contribution in [3.63, 3.8) is 0 Å². The molecule has 1 rings (SSSR count). The van der Waals surface area contributed by atoms with Crippen LogP contribution in [-0.2, 0) is 0 Å². The Balaban J connectivity index is 2.68. The van der Waals surface area contributed by atoms with Gasteiger partial charge in [0.25, 0.3) is 0 Å². The molecule has 0 spiro atoms. The Hall–Kier alpha value is -1.66. The van der Waals surface area contributed by atoms with Crippen molar-refractivity contribution in [2.45, 2.75) is 13.8 Å². The van der Waals surface area contributed by atoms with Crippen molar-refractivity contribution in [3.05, 3.63) is 24.5 Å². The summed E-state index contributed by atoms with van der Waals surface area (Å²) in [6.45, 7) is 5.78. The van der Waals surface area contributed by atoms with E-state index < -0.39 is 0 Å². The van der Waals surface area contributed by atoms with Gasteiger partial charge in [-0.2, -0.15) is 0 Å². The molecule has 1 aromatic heterocycles. The molecule has 0 aliphatic rings. The Kier molecular flexibility index (Phi) is 6.24. The first kappa shape index (κ1) is 15.4. The highest BCUT2D eigenvalue weighted by Gasteiger charge is 2.15. The van der Waals surface area contributed by atoms with E-state index in [2.05, 4.69) is 34.5 Å². The van der Waals surface area contributed by atoms with Crippen LogP contribution in [-0.4, -0.2) is 42.3 Å². The van der Waals surface area contributed by atoms with E-state index in [1.807, 2.05) is 12.1 Å². The zero-order chi connectivity index (χ0) is 14.1. The summed E-state index contributed by atoms with van der Waals surface area (Å²) in [6, 6.07) is 3.74. The maximum absolute atomic E-state index is 8.88. The van der Waals surface area contributed by atoms with Crippen molar-refractivity contribution in [1.82, 2.24) is 10.3 Å². The van der Waals surface area contributed by atoms with Crippen LogP contribution in [0.3, 0.4) is 0 Å². The van der Waals surface area contributed by atoms with Gasteiger partial charge in [-0.25, -0.2) is 0 Å². The number of nitrogens with zero attached hydrogens (tertiary/aromatic N) is 2. The molecule has 6 nitrogen and oxygen atoms in total. The molecule has 0 aliphatic heterocycles. The number of aliphatic hydroxyl groups excluding tert-OH is 1. The van der Waals surface area contributed by atoms with Crippen LogP contribution in [0.5, 0.6) is 0 Å². The van der Waals surface area contributed by atoms with Gasteiger partial charge in [0.15, 0.2) is 5.96 Å². The lowest BCUT2D eigenvalue weighted by atomic mass is 9.94. The molecule has 0 bridgehead atoms. The number of pyridine rings is 1. The third-order valence-corrected chi connectivity index (χ3v) is 2.55. The molecule has 0 radical (unpaired) electrons. The van der Waals surface area contributed by atoms with Crippen LogP contribution in [0.2, 0.25) is 0 Å².